The smallest absolute Gasteiger partial charge is 0.223 e. The zero-order chi connectivity index (χ0) is 16.0. The summed E-state index contributed by atoms with van der Waals surface area (Å²) in [4.78, 5) is 25.1. The van der Waals surface area contributed by atoms with Crippen molar-refractivity contribution in [3.05, 3.63) is 29.3 Å². The Morgan fingerprint density at radius 2 is 2.05 bits per heavy atom. The van der Waals surface area contributed by atoms with Gasteiger partial charge in [0.15, 0.2) is 5.78 Å². The Labute approximate surface area is 126 Å². The SMILES string of the molecule is CNC(=O)C(C)CN(C)Cc1cc(C(C)=O)ccc1OC. The Bertz CT molecular complexity index is 514. The fraction of sp³-hybridized carbons (Fsp3) is 0.500. The molecule has 0 aromatic heterocycles. The minimum absolute atomic E-state index is 0.0197. The van der Waals surface area contributed by atoms with E-state index in [-0.39, 0.29) is 17.6 Å². The van der Waals surface area contributed by atoms with Crippen LogP contribution in [0.4, 0.5) is 0 Å². The number of nitrogens with zero attached hydrogens (tertiary/aromatic N) is 1. The Morgan fingerprint density at radius 1 is 1.38 bits per heavy atom. The molecule has 0 radical (unpaired) electrons. The maximum absolute atomic E-state index is 11.6. The van der Waals surface area contributed by atoms with Crippen LogP contribution in [-0.2, 0) is 11.3 Å². The first-order chi connectivity index (χ1) is 9.88. The Hall–Kier alpha value is -1.88. The maximum atomic E-state index is 11.6. The standard InChI is InChI=1S/C16H24N2O3/c1-11(16(20)17-3)9-18(4)10-14-8-13(12(2)19)6-7-15(14)21-5/h6-8,11H,9-10H2,1-5H3,(H,17,20). The number of ether oxygens (including phenoxy) is 1. The molecule has 0 heterocycles. The second-order valence-electron chi connectivity index (χ2n) is 5.29. The molecule has 0 fully saturated rings. The second kappa shape index (κ2) is 7.78. The number of nitrogens with one attached hydrogen (secondary N) is 1. The van der Waals surface area contributed by atoms with Gasteiger partial charge in [-0.1, -0.05) is 6.92 Å². The van der Waals surface area contributed by atoms with Crippen molar-refractivity contribution in [3.8, 4) is 5.75 Å². The summed E-state index contributed by atoms with van der Waals surface area (Å²) in [5.74, 6) is 0.702. The summed E-state index contributed by atoms with van der Waals surface area (Å²) in [7, 11) is 5.19. The number of rotatable bonds is 7. The largest absolute Gasteiger partial charge is 0.496 e. The number of hydrogen-bond donors (Lipinski definition) is 1. The molecule has 1 atom stereocenters. The van der Waals surface area contributed by atoms with Crippen LogP contribution in [0.5, 0.6) is 5.75 Å². The third kappa shape index (κ3) is 4.86. The van der Waals surface area contributed by atoms with Crippen LogP contribution in [0.2, 0.25) is 0 Å². The summed E-state index contributed by atoms with van der Waals surface area (Å²) in [6, 6.07) is 5.42. The van der Waals surface area contributed by atoms with Crippen molar-refractivity contribution in [2.45, 2.75) is 20.4 Å². The van der Waals surface area contributed by atoms with Gasteiger partial charge in [0, 0.05) is 37.2 Å². The molecule has 1 N–H and O–H groups in total. The molecule has 1 aromatic carbocycles. The van der Waals surface area contributed by atoms with E-state index in [0.717, 1.165) is 11.3 Å². The molecule has 0 saturated heterocycles. The van der Waals surface area contributed by atoms with Crippen LogP contribution in [0.1, 0.15) is 29.8 Å². The van der Waals surface area contributed by atoms with Crippen LogP contribution < -0.4 is 10.1 Å². The topological polar surface area (TPSA) is 58.6 Å². The van der Waals surface area contributed by atoms with Crippen molar-refractivity contribution >= 4 is 11.7 Å². The molecule has 21 heavy (non-hydrogen) atoms. The Kier molecular flexibility index (Phi) is 6.37. The average molecular weight is 292 g/mol. The van der Waals surface area contributed by atoms with E-state index in [1.54, 1.807) is 27.1 Å². The van der Waals surface area contributed by atoms with Gasteiger partial charge in [-0.3, -0.25) is 9.59 Å². The molecule has 1 rings (SSSR count). The van der Waals surface area contributed by atoms with E-state index < -0.39 is 0 Å². The predicted molar refractivity (Wildman–Crippen MR) is 82.6 cm³/mol. The molecule has 1 unspecified atom stereocenters. The van der Waals surface area contributed by atoms with Crippen molar-refractivity contribution in [2.24, 2.45) is 5.92 Å². The van der Waals surface area contributed by atoms with Gasteiger partial charge in [-0.2, -0.15) is 0 Å². The number of hydrogen-bond acceptors (Lipinski definition) is 4. The lowest BCUT2D eigenvalue weighted by Gasteiger charge is -2.21. The van der Waals surface area contributed by atoms with Crippen LogP contribution in [0.3, 0.4) is 0 Å². The number of methoxy groups -OCH3 is 1. The highest BCUT2D eigenvalue weighted by atomic mass is 16.5. The lowest BCUT2D eigenvalue weighted by Crippen LogP contribution is -2.34. The average Bonchev–Trinajstić information content (AvgIpc) is 2.45. The summed E-state index contributed by atoms with van der Waals surface area (Å²) in [6.07, 6.45) is 0. The first-order valence-corrected chi connectivity index (χ1v) is 6.97. The highest BCUT2D eigenvalue weighted by molar-refractivity contribution is 5.94. The normalized spacial score (nSPS) is 12.1. The van der Waals surface area contributed by atoms with Gasteiger partial charge < -0.3 is 15.0 Å². The van der Waals surface area contributed by atoms with E-state index in [4.69, 9.17) is 4.74 Å². The molecule has 0 aliphatic rings. The molecule has 0 bridgehead atoms. The molecule has 0 aliphatic heterocycles. The lowest BCUT2D eigenvalue weighted by molar-refractivity contribution is -0.124. The highest BCUT2D eigenvalue weighted by Crippen LogP contribution is 2.22. The molecule has 0 saturated carbocycles. The molecule has 116 valence electrons. The van der Waals surface area contributed by atoms with Gasteiger partial charge >= 0.3 is 0 Å². The van der Waals surface area contributed by atoms with Crippen molar-refractivity contribution in [1.29, 1.82) is 0 Å². The molecular weight excluding hydrogens is 268 g/mol. The lowest BCUT2D eigenvalue weighted by atomic mass is 10.1. The number of ketones is 1. The summed E-state index contributed by atoms with van der Waals surface area (Å²) in [6.45, 7) is 4.68. The first-order valence-electron chi connectivity index (χ1n) is 6.97. The van der Waals surface area contributed by atoms with Crippen molar-refractivity contribution in [1.82, 2.24) is 10.2 Å². The molecule has 0 aliphatic carbocycles. The molecule has 1 aromatic rings. The number of carbonyl (C=O) groups is 2. The Balaban J connectivity index is 2.83. The highest BCUT2D eigenvalue weighted by Gasteiger charge is 2.15. The fourth-order valence-corrected chi connectivity index (χ4v) is 2.27. The van der Waals surface area contributed by atoms with Gasteiger partial charge in [-0.25, -0.2) is 0 Å². The zero-order valence-corrected chi connectivity index (χ0v) is 13.4. The monoisotopic (exact) mass is 292 g/mol. The molecule has 5 nitrogen and oxygen atoms in total. The molecule has 1 amide bonds. The summed E-state index contributed by atoms with van der Waals surface area (Å²) >= 11 is 0. The van der Waals surface area contributed by atoms with E-state index in [0.29, 0.717) is 18.7 Å². The maximum Gasteiger partial charge on any atom is 0.223 e. The van der Waals surface area contributed by atoms with E-state index >= 15 is 0 Å². The summed E-state index contributed by atoms with van der Waals surface area (Å²) < 4.78 is 5.34. The minimum atomic E-state index is -0.0954. The quantitative estimate of drug-likeness (QED) is 0.777. The van der Waals surface area contributed by atoms with Gasteiger partial charge in [-0.05, 0) is 32.2 Å². The van der Waals surface area contributed by atoms with Gasteiger partial charge in [0.05, 0.1) is 7.11 Å². The third-order valence-corrected chi connectivity index (χ3v) is 3.41. The molecule has 0 spiro atoms. The van der Waals surface area contributed by atoms with Gasteiger partial charge in [-0.15, -0.1) is 0 Å². The van der Waals surface area contributed by atoms with Crippen molar-refractivity contribution < 1.29 is 14.3 Å². The Morgan fingerprint density at radius 3 is 2.57 bits per heavy atom. The van der Waals surface area contributed by atoms with Crippen molar-refractivity contribution in [2.75, 3.05) is 27.7 Å². The van der Waals surface area contributed by atoms with Crippen LogP contribution in [0.25, 0.3) is 0 Å². The second-order valence-corrected chi connectivity index (χ2v) is 5.29. The van der Waals surface area contributed by atoms with E-state index in [9.17, 15) is 9.59 Å². The summed E-state index contributed by atoms with van der Waals surface area (Å²) in [5.41, 5.74) is 1.61. The number of Topliss-reactive ketones (excluding diaryl/α,β-unsaturated/α-hetero) is 1. The fourth-order valence-electron chi connectivity index (χ4n) is 2.27. The van der Waals surface area contributed by atoms with Gasteiger partial charge in [0.1, 0.15) is 5.75 Å². The van der Waals surface area contributed by atoms with Crippen LogP contribution in [0.15, 0.2) is 18.2 Å². The van der Waals surface area contributed by atoms with Crippen LogP contribution in [0, 0.1) is 5.92 Å². The van der Waals surface area contributed by atoms with Crippen molar-refractivity contribution in [3.63, 3.8) is 0 Å². The summed E-state index contributed by atoms with van der Waals surface area (Å²) in [5, 5.41) is 2.65. The van der Waals surface area contributed by atoms with Gasteiger partial charge in [0.2, 0.25) is 5.91 Å². The first kappa shape index (κ1) is 17.2. The van der Waals surface area contributed by atoms with E-state index in [2.05, 4.69) is 5.32 Å². The van der Waals surface area contributed by atoms with E-state index in [1.807, 2.05) is 31.0 Å². The van der Waals surface area contributed by atoms with Crippen LogP contribution in [-0.4, -0.2) is 44.3 Å². The number of benzene rings is 1. The van der Waals surface area contributed by atoms with Gasteiger partial charge in [0.25, 0.3) is 0 Å². The predicted octanol–water partition coefficient (Wildman–Crippen LogP) is 1.71. The molecular formula is C16H24N2O3. The van der Waals surface area contributed by atoms with Crippen LogP contribution >= 0.6 is 0 Å². The minimum Gasteiger partial charge on any atom is -0.496 e. The number of carbonyl (C=O) groups excluding carboxylic acids is 2. The van der Waals surface area contributed by atoms with E-state index in [1.165, 1.54) is 0 Å². The number of amides is 1. The zero-order valence-electron chi connectivity index (χ0n) is 13.4. The molecule has 5 heteroatoms. The third-order valence-electron chi connectivity index (χ3n) is 3.41.